The van der Waals surface area contributed by atoms with Gasteiger partial charge >= 0.3 is 5.69 Å². The first-order valence-corrected chi connectivity index (χ1v) is 7.75. The van der Waals surface area contributed by atoms with Crippen LogP contribution >= 0.6 is 0 Å². The first-order valence-electron chi connectivity index (χ1n) is 7.75. The van der Waals surface area contributed by atoms with Gasteiger partial charge < -0.3 is 10.3 Å². The molecule has 5 nitrogen and oxygen atoms in total. The van der Waals surface area contributed by atoms with Gasteiger partial charge in [-0.3, -0.25) is 4.57 Å². The Hall–Kier alpha value is -2.40. The molecule has 0 fully saturated rings. The van der Waals surface area contributed by atoms with Gasteiger partial charge in [-0.2, -0.15) is 4.98 Å². The zero-order chi connectivity index (χ0) is 16.6. The van der Waals surface area contributed by atoms with E-state index >= 15 is 0 Å². The minimum Gasteiger partial charge on any atom is -0.343 e. The number of aromatic nitrogens is 3. The summed E-state index contributed by atoms with van der Waals surface area (Å²) in [7, 11) is 1.91. The first kappa shape index (κ1) is 15.5. The SMILES string of the molecule is CNCc1ccc(-n2cc3cc(C(C)(C)C)[nH]c3nc2=O)cc1. The maximum Gasteiger partial charge on any atom is 0.354 e. The molecule has 120 valence electrons. The Bertz CT molecular complexity index is 882. The standard InChI is InChI=1S/C18H22N4O/c1-18(2,3)15-9-13-11-22(17(23)21-16(13)20-15)14-7-5-12(6-8-14)10-19-4/h5-9,11,19H,10H2,1-4H3,(H,20,21,23). The summed E-state index contributed by atoms with van der Waals surface area (Å²) in [4.78, 5) is 19.8. The lowest BCUT2D eigenvalue weighted by Crippen LogP contribution is -2.20. The van der Waals surface area contributed by atoms with E-state index in [0.29, 0.717) is 5.65 Å². The van der Waals surface area contributed by atoms with Crippen LogP contribution in [0.15, 0.2) is 41.3 Å². The van der Waals surface area contributed by atoms with Crippen molar-refractivity contribution in [2.75, 3.05) is 7.05 Å². The predicted octanol–water partition coefficient (Wildman–Crippen LogP) is 2.73. The third-order valence-corrected chi connectivity index (χ3v) is 3.91. The highest BCUT2D eigenvalue weighted by Crippen LogP contribution is 2.24. The van der Waals surface area contributed by atoms with E-state index < -0.39 is 0 Å². The van der Waals surface area contributed by atoms with Crippen molar-refractivity contribution in [2.45, 2.75) is 32.7 Å². The maximum atomic E-state index is 12.3. The van der Waals surface area contributed by atoms with E-state index in [2.05, 4.69) is 42.1 Å². The van der Waals surface area contributed by atoms with E-state index in [1.807, 2.05) is 37.5 Å². The third kappa shape index (κ3) is 3.05. The van der Waals surface area contributed by atoms with Crippen LogP contribution < -0.4 is 11.0 Å². The molecule has 23 heavy (non-hydrogen) atoms. The van der Waals surface area contributed by atoms with Gasteiger partial charge in [-0.1, -0.05) is 32.9 Å². The van der Waals surface area contributed by atoms with Crippen molar-refractivity contribution < 1.29 is 0 Å². The van der Waals surface area contributed by atoms with Crippen molar-refractivity contribution in [1.29, 1.82) is 0 Å². The van der Waals surface area contributed by atoms with Crippen LogP contribution in [0.2, 0.25) is 0 Å². The minimum atomic E-state index is -0.277. The Kier molecular flexibility index (Phi) is 3.82. The molecule has 0 saturated heterocycles. The number of rotatable bonds is 3. The monoisotopic (exact) mass is 310 g/mol. The number of H-pyrrole nitrogens is 1. The van der Waals surface area contributed by atoms with Gasteiger partial charge in [0.05, 0.1) is 5.69 Å². The molecule has 3 rings (SSSR count). The van der Waals surface area contributed by atoms with Crippen LogP contribution in [0.3, 0.4) is 0 Å². The smallest absolute Gasteiger partial charge is 0.343 e. The molecule has 3 aromatic rings. The van der Waals surface area contributed by atoms with Crippen molar-refractivity contribution in [3.8, 4) is 5.69 Å². The molecule has 2 N–H and O–H groups in total. The van der Waals surface area contributed by atoms with Crippen LogP contribution in [0.1, 0.15) is 32.0 Å². The molecule has 1 aromatic carbocycles. The molecular formula is C18H22N4O. The highest BCUT2D eigenvalue weighted by molar-refractivity contribution is 5.76. The largest absolute Gasteiger partial charge is 0.354 e. The van der Waals surface area contributed by atoms with Gasteiger partial charge in [0.2, 0.25) is 0 Å². The number of benzene rings is 1. The van der Waals surface area contributed by atoms with Gasteiger partial charge in [-0.05, 0) is 30.8 Å². The van der Waals surface area contributed by atoms with Crippen LogP contribution in [0.4, 0.5) is 0 Å². The fourth-order valence-corrected chi connectivity index (χ4v) is 2.56. The molecule has 0 radical (unpaired) electrons. The second-order valence-corrected chi connectivity index (χ2v) is 6.83. The average Bonchev–Trinajstić information content (AvgIpc) is 2.90. The van der Waals surface area contributed by atoms with Crippen molar-refractivity contribution in [3.05, 3.63) is 58.3 Å². The fraction of sp³-hybridized carbons (Fsp3) is 0.333. The molecule has 0 saturated carbocycles. The zero-order valence-electron chi connectivity index (χ0n) is 14.0. The Balaban J connectivity index is 2.07. The van der Waals surface area contributed by atoms with Gasteiger partial charge in [-0.25, -0.2) is 4.79 Å². The van der Waals surface area contributed by atoms with Gasteiger partial charge in [0.25, 0.3) is 0 Å². The summed E-state index contributed by atoms with van der Waals surface area (Å²) in [6.07, 6.45) is 1.85. The van der Waals surface area contributed by atoms with Gasteiger partial charge in [-0.15, -0.1) is 0 Å². The second-order valence-electron chi connectivity index (χ2n) is 6.83. The number of hydrogen-bond acceptors (Lipinski definition) is 3. The highest BCUT2D eigenvalue weighted by atomic mass is 16.1. The quantitative estimate of drug-likeness (QED) is 0.782. The molecule has 0 aliphatic carbocycles. The topological polar surface area (TPSA) is 62.7 Å². The lowest BCUT2D eigenvalue weighted by atomic mass is 9.92. The Morgan fingerprint density at radius 2 is 1.91 bits per heavy atom. The lowest BCUT2D eigenvalue weighted by Gasteiger charge is -2.15. The summed E-state index contributed by atoms with van der Waals surface area (Å²) in [6, 6.07) is 9.98. The molecule has 0 amide bonds. The lowest BCUT2D eigenvalue weighted by molar-refractivity contribution is 0.574. The summed E-state index contributed by atoms with van der Waals surface area (Å²) >= 11 is 0. The molecule has 0 atom stereocenters. The van der Waals surface area contributed by atoms with E-state index in [-0.39, 0.29) is 11.1 Å². The molecular weight excluding hydrogens is 288 g/mol. The molecule has 0 unspecified atom stereocenters. The van der Waals surface area contributed by atoms with Crippen molar-refractivity contribution in [3.63, 3.8) is 0 Å². The molecule has 2 aromatic heterocycles. The van der Waals surface area contributed by atoms with Gasteiger partial charge in [0.1, 0.15) is 5.65 Å². The number of aromatic amines is 1. The summed E-state index contributed by atoms with van der Waals surface area (Å²) in [5.74, 6) is 0. The van der Waals surface area contributed by atoms with Crippen LogP contribution in [0.5, 0.6) is 0 Å². The van der Waals surface area contributed by atoms with E-state index in [1.165, 1.54) is 5.56 Å². The molecule has 0 aliphatic heterocycles. The molecule has 5 heteroatoms. The predicted molar refractivity (Wildman–Crippen MR) is 93.2 cm³/mol. The minimum absolute atomic E-state index is 0.0105. The van der Waals surface area contributed by atoms with E-state index in [0.717, 1.165) is 23.3 Å². The normalized spacial score (nSPS) is 12.0. The Morgan fingerprint density at radius 3 is 2.52 bits per heavy atom. The summed E-state index contributed by atoms with van der Waals surface area (Å²) < 4.78 is 1.59. The Morgan fingerprint density at radius 1 is 1.22 bits per heavy atom. The number of fused-ring (bicyclic) bond motifs is 1. The van der Waals surface area contributed by atoms with Crippen molar-refractivity contribution in [1.82, 2.24) is 19.9 Å². The third-order valence-electron chi connectivity index (χ3n) is 3.91. The summed E-state index contributed by atoms with van der Waals surface area (Å²) in [5, 5.41) is 4.05. The Labute approximate surface area is 135 Å². The maximum absolute atomic E-state index is 12.3. The van der Waals surface area contributed by atoms with E-state index in [4.69, 9.17) is 0 Å². The first-order chi connectivity index (χ1) is 10.9. The average molecular weight is 310 g/mol. The van der Waals surface area contributed by atoms with Crippen LogP contribution in [0.25, 0.3) is 16.7 Å². The summed E-state index contributed by atoms with van der Waals surface area (Å²) in [6.45, 7) is 7.19. The number of nitrogens with zero attached hydrogens (tertiary/aromatic N) is 2. The zero-order valence-corrected chi connectivity index (χ0v) is 14.0. The van der Waals surface area contributed by atoms with Gasteiger partial charge in [0, 0.05) is 29.2 Å². The second kappa shape index (κ2) is 5.66. The van der Waals surface area contributed by atoms with E-state index in [1.54, 1.807) is 4.57 Å². The molecule has 2 heterocycles. The van der Waals surface area contributed by atoms with E-state index in [9.17, 15) is 4.79 Å². The van der Waals surface area contributed by atoms with Crippen LogP contribution in [-0.2, 0) is 12.0 Å². The number of nitrogens with one attached hydrogen (secondary N) is 2. The molecule has 0 bridgehead atoms. The van der Waals surface area contributed by atoms with Gasteiger partial charge in [0.15, 0.2) is 0 Å². The summed E-state index contributed by atoms with van der Waals surface area (Å²) in [5.41, 5.74) is 3.42. The molecule has 0 aliphatic rings. The van der Waals surface area contributed by atoms with Crippen LogP contribution in [0, 0.1) is 0 Å². The van der Waals surface area contributed by atoms with Crippen molar-refractivity contribution >= 4 is 11.0 Å². The number of hydrogen-bond donors (Lipinski definition) is 2. The van der Waals surface area contributed by atoms with Crippen LogP contribution in [-0.4, -0.2) is 21.6 Å². The molecule has 0 spiro atoms. The van der Waals surface area contributed by atoms with Crippen molar-refractivity contribution in [2.24, 2.45) is 0 Å². The fourth-order valence-electron chi connectivity index (χ4n) is 2.56. The highest BCUT2D eigenvalue weighted by Gasteiger charge is 2.17.